The Balaban J connectivity index is 2.13. The Morgan fingerprint density at radius 3 is 2.30 bits per heavy atom. The third-order valence-electron chi connectivity index (χ3n) is 3.84. The van der Waals surface area contributed by atoms with Gasteiger partial charge in [-0.15, -0.1) is 11.3 Å². The second kappa shape index (κ2) is 7.72. The van der Waals surface area contributed by atoms with Gasteiger partial charge in [-0.3, -0.25) is 4.72 Å². The van der Waals surface area contributed by atoms with Gasteiger partial charge in [-0.25, -0.2) is 13.2 Å². The number of methoxy groups -OCH3 is 1. The number of aryl methyl sites for hydroxylation is 1. The topological polar surface area (TPSA) is 72.5 Å². The lowest BCUT2D eigenvalue weighted by Gasteiger charge is -2.11. The first-order chi connectivity index (χ1) is 12.8. The highest BCUT2D eigenvalue weighted by molar-refractivity contribution is 7.93. The standard InChI is InChI=1S/C19H16ClNO4S2/c1-12-3-5-13(6-4-12)16-11-26-17(19(22)25-2)18(16)27(23,24)21-15-9-7-14(20)8-10-15/h3-11,21H,1-2H3. The molecule has 0 aliphatic heterocycles. The highest BCUT2D eigenvalue weighted by Gasteiger charge is 2.30. The fraction of sp³-hybridized carbons (Fsp3) is 0.105. The molecule has 0 spiro atoms. The normalized spacial score (nSPS) is 11.2. The van der Waals surface area contributed by atoms with Crippen LogP contribution in [0.25, 0.3) is 11.1 Å². The molecule has 0 radical (unpaired) electrons. The summed E-state index contributed by atoms with van der Waals surface area (Å²) in [5.74, 6) is -0.699. The molecule has 0 aliphatic rings. The number of esters is 1. The van der Waals surface area contributed by atoms with E-state index in [2.05, 4.69) is 4.72 Å². The molecule has 1 heterocycles. The summed E-state index contributed by atoms with van der Waals surface area (Å²) in [4.78, 5) is 12.1. The molecule has 140 valence electrons. The molecule has 0 saturated heterocycles. The van der Waals surface area contributed by atoms with Crippen LogP contribution in [0.3, 0.4) is 0 Å². The number of hydrogen-bond donors (Lipinski definition) is 1. The fourth-order valence-corrected chi connectivity index (χ4v) is 5.41. The number of rotatable bonds is 5. The van der Waals surface area contributed by atoms with Crippen LogP contribution in [0, 0.1) is 6.92 Å². The van der Waals surface area contributed by atoms with E-state index in [1.54, 1.807) is 29.6 Å². The zero-order valence-electron chi connectivity index (χ0n) is 14.5. The van der Waals surface area contributed by atoms with Crippen molar-refractivity contribution in [3.8, 4) is 11.1 Å². The first-order valence-corrected chi connectivity index (χ1v) is 10.6. The summed E-state index contributed by atoms with van der Waals surface area (Å²) in [6, 6.07) is 13.7. The van der Waals surface area contributed by atoms with Crippen LogP contribution < -0.4 is 4.72 Å². The van der Waals surface area contributed by atoms with Crippen molar-refractivity contribution < 1.29 is 17.9 Å². The lowest BCUT2D eigenvalue weighted by atomic mass is 10.1. The van der Waals surface area contributed by atoms with Crippen LogP contribution in [-0.2, 0) is 14.8 Å². The fourth-order valence-electron chi connectivity index (χ4n) is 2.50. The van der Waals surface area contributed by atoms with Crippen molar-refractivity contribution in [3.05, 3.63) is 69.4 Å². The average Bonchev–Trinajstić information content (AvgIpc) is 3.09. The van der Waals surface area contributed by atoms with Gasteiger partial charge in [0.25, 0.3) is 10.0 Å². The van der Waals surface area contributed by atoms with Gasteiger partial charge in [0.2, 0.25) is 0 Å². The van der Waals surface area contributed by atoms with Gasteiger partial charge >= 0.3 is 5.97 Å². The Morgan fingerprint density at radius 1 is 1.07 bits per heavy atom. The lowest BCUT2D eigenvalue weighted by molar-refractivity contribution is 0.0602. The van der Waals surface area contributed by atoms with E-state index in [9.17, 15) is 13.2 Å². The maximum atomic E-state index is 13.1. The molecule has 0 amide bonds. The molecule has 8 heteroatoms. The molecular formula is C19H16ClNO4S2. The Bertz CT molecular complexity index is 1070. The summed E-state index contributed by atoms with van der Waals surface area (Å²) in [6.45, 7) is 1.94. The summed E-state index contributed by atoms with van der Waals surface area (Å²) in [6.07, 6.45) is 0. The summed E-state index contributed by atoms with van der Waals surface area (Å²) in [7, 11) is -2.82. The predicted molar refractivity (Wildman–Crippen MR) is 108 cm³/mol. The van der Waals surface area contributed by atoms with Crippen molar-refractivity contribution in [2.24, 2.45) is 0 Å². The van der Waals surface area contributed by atoms with Crippen LogP contribution in [0.2, 0.25) is 5.02 Å². The average molecular weight is 422 g/mol. The molecule has 0 aliphatic carbocycles. The number of carbonyl (C=O) groups is 1. The largest absolute Gasteiger partial charge is 0.465 e. The molecule has 0 unspecified atom stereocenters. The molecule has 0 bridgehead atoms. The summed E-state index contributed by atoms with van der Waals surface area (Å²) < 4.78 is 33.5. The Morgan fingerprint density at radius 2 is 1.70 bits per heavy atom. The van der Waals surface area contributed by atoms with Gasteiger partial charge in [0, 0.05) is 21.7 Å². The zero-order chi connectivity index (χ0) is 19.6. The summed E-state index contributed by atoms with van der Waals surface area (Å²) in [5, 5.41) is 2.14. The quantitative estimate of drug-likeness (QED) is 0.590. The zero-order valence-corrected chi connectivity index (χ0v) is 16.9. The number of hydrogen-bond acceptors (Lipinski definition) is 5. The predicted octanol–water partition coefficient (Wildman–Crippen LogP) is 4.96. The molecule has 1 aromatic heterocycles. The molecule has 3 rings (SSSR count). The molecule has 2 aromatic carbocycles. The maximum Gasteiger partial charge on any atom is 0.349 e. The summed E-state index contributed by atoms with van der Waals surface area (Å²) >= 11 is 6.88. The van der Waals surface area contributed by atoms with Crippen LogP contribution in [0.1, 0.15) is 15.2 Å². The van der Waals surface area contributed by atoms with Crippen molar-refractivity contribution in [2.75, 3.05) is 11.8 Å². The number of sulfonamides is 1. The Hall–Kier alpha value is -2.35. The van der Waals surface area contributed by atoms with Gasteiger partial charge in [-0.05, 0) is 36.8 Å². The maximum absolute atomic E-state index is 13.1. The minimum atomic E-state index is -4.04. The van der Waals surface area contributed by atoms with Gasteiger partial charge in [-0.2, -0.15) is 0 Å². The van der Waals surface area contributed by atoms with E-state index in [1.807, 2.05) is 31.2 Å². The minimum Gasteiger partial charge on any atom is -0.465 e. The molecule has 1 N–H and O–H groups in total. The van der Waals surface area contributed by atoms with Gasteiger partial charge in [0.05, 0.1) is 7.11 Å². The molecule has 0 fully saturated rings. The van der Waals surface area contributed by atoms with Crippen molar-refractivity contribution >= 4 is 44.6 Å². The third-order valence-corrected chi connectivity index (χ3v) is 6.65. The van der Waals surface area contributed by atoms with Crippen LogP contribution >= 0.6 is 22.9 Å². The number of benzene rings is 2. The van der Waals surface area contributed by atoms with E-state index < -0.39 is 16.0 Å². The van der Waals surface area contributed by atoms with E-state index in [1.165, 1.54) is 7.11 Å². The van der Waals surface area contributed by atoms with Gasteiger partial charge < -0.3 is 4.74 Å². The molecule has 27 heavy (non-hydrogen) atoms. The summed E-state index contributed by atoms with van der Waals surface area (Å²) in [5.41, 5.74) is 2.53. The molecular weight excluding hydrogens is 406 g/mol. The number of ether oxygens (including phenoxy) is 1. The number of nitrogens with one attached hydrogen (secondary N) is 1. The Kier molecular flexibility index (Phi) is 5.55. The number of anilines is 1. The van der Waals surface area contributed by atoms with Crippen molar-refractivity contribution in [1.29, 1.82) is 0 Å². The van der Waals surface area contributed by atoms with Crippen molar-refractivity contribution in [3.63, 3.8) is 0 Å². The minimum absolute atomic E-state index is 0.0227. The van der Waals surface area contributed by atoms with E-state index >= 15 is 0 Å². The van der Waals surface area contributed by atoms with E-state index in [4.69, 9.17) is 16.3 Å². The molecule has 3 aromatic rings. The van der Waals surface area contributed by atoms with Gasteiger partial charge in [-0.1, -0.05) is 41.4 Å². The van der Waals surface area contributed by atoms with Crippen LogP contribution in [0.15, 0.2) is 58.8 Å². The molecule has 5 nitrogen and oxygen atoms in total. The number of carbonyl (C=O) groups excluding carboxylic acids is 1. The second-order valence-corrected chi connectivity index (χ2v) is 8.71. The highest BCUT2D eigenvalue weighted by atomic mass is 35.5. The monoisotopic (exact) mass is 421 g/mol. The first-order valence-electron chi connectivity index (χ1n) is 7.87. The van der Waals surface area contributed by atoms with Crippen LogP contribution in [-0.4, -0.2) is 21.5 Å². The smallest absolute Gasteiger partial charge is 0.349 e. The second-order valence-electron chi connectivity index (χ2n) is 5.78. The Labute approximate surface area is 166 Å². The number of thiophene rings is 1. The van der Waals surface area contributed by atoms with E-state index in [0.717, 1.165) is 16.9 Å². The first kappa shape index (κ1) is 19.4. The third kappa shape index (κ3) is 4.16. The molecule has 0 atom stereocenters. The van der Waals surface area contributed by atoms with Crippen molar-refractivity contribution in [2.45, 2.75) is 11.8 Å². The van der Waals surface area contributed by atoms with Crippen LogP contribution in [0.5, 0.6) is 0 Å². The SMILES string of the molecule is COC(=O)c1scc(-c2ccc(C)cc2)c1S(=O)(=O)Nc1ccc(Cl)cc1. The van der Waals surface area contributed by atoms with Gasteiger partial charge in [0.1, 0.15) is 9.77 Å². The van der Waals surface area contributed by atoms with Crippen LogP contribution in [0.4, 0.5) is 5.69 Å². The van der Waals surface area contributed by atoms with E-state index in [0.29, 0.717) is 21.8 Å². The lowest BCUT2D eigenvalue weighted by Crippen LogP contribution is -2.16. The van der Waals surface area contributed by atoms with Crippen molar-refractivity contribution in [1.82, 2.24) is 0 Å². The van der Waals surface area contributed by atoms with E-state index in [-0.39, 0.29) is 9.77 Å². The highest BCUT2D eigenvalue weighted by Crippen LogP contribution is 2.37. The van der Waals surface area contributed by atoms with Gasteiger partial charge in [0.15, 0.2) is 0 Å². The number of halogens is 1. The molecule has 0 saturated carbocycles.